The average molecular weight is 284 g/mol. The SMILES string of the molecule is O=C(c1c(F)cccc1F)N(CCCl)CC(F)F. The van der Waals surface area contributed by atoms with E-state index in [1.165, 1.54) is 0 Å². The standard InChI is InChI=1S/C11H10ClF4NO/c12-4-5-17(6-9(15)16)11(18)10-7(13)2-1-3-8(10)14/h1-3,9H,4-6H2. The largest absolute Gasteiger partial charge is 0.332 e. The lowest BCUT2D eigenvalue weighted by atomic mass is 10.1. The van der Waals surface area contributed by atoms with Gasteiger partial charge in [0.1, 0.15) is 17.2 Å². The van der Waals surface area contributed by atoms with Gasteiger partial charge in [-0.1, -0.05) is 6.07 Å². The van der Waals surface area contributed by atoms with Gasteiger partial charge in [-0.25, -0.2) is 17.6 Å². The molecule has 1 rings (SSSR count). The van der Waals surface area contributed by atoms with Crippen LogP contribution >= 0.6 is 11.6 Å². The van der Waals surface area contributed by atoms with Gasteiger partial charge in [0.05, 0.1) is 6.54 Å². The van der Waals surface area contributed by atoms with Crippen LogP contribution < -0.4 is 0 Å². The number of halogens is 5. The summed E-state index contributed by atoms with van der Waals surface area (Å²) in [7, 11) is 0. The molecular weight excluding hydrogens is 274 g/mol. The zero-order valence-electron chi connectivity index (χ0n) is 9.18. The molecule has 1 aromatic carbocycles. The third kappa shape index (κ3) is 3.60. The Balaban J connectivity index is 3.01. The predicted molar refractivity (Wildman–Crippen MR) is 59.0 cm³/mol. The molecule has 0 aliphatic rings. The molecule has 0 bridgehead atoms. The fraction of sp³-hybridized carbons (Fsp3) is 0.364. The molecule has 0 saturated carbocycles. The van der Waals surface area contributed by atoms with Gasteiger partial charge in [-0.15, -0.1) is 11.6 Å². The van der Waals surface area contributed by atoms with E-state index in [1.54, 1.807) is 0 Å². The number of nitrogens with zero attached hydrogens (tertiary/aromatic N) is 1. The molecule has 100 valence electrons. The summed E-state index contributed by atoms with van der Waals surface area (Å²) in [5.41, 5.74) is -0.844. The van der Waals surface area contributed by atoms with Gasteiger partial charge in [-0.2, -0.15) is 0 Å². The molecular formula is C11H10ClF4NO. The number of carbonyl (C=O) groups is 1. The van der Waals surface area contributed by atoms with Crippen molar-refractivity contribution in [2.24, 2.45) is 0 Å². The van der Waals surface area contributed by atoms with Crippen LogP contribution in [0.2, 0.25) is 0 Å². The van der Waals surface area contributed by atoms with Crippen molar-refractivity contribution in [2.75, 3.05) is 19.0 Å². The summed E-state index contributed by atoms with van der Waals surface area (Å²) in [6.07, 6.45) is -2.80. The van der Waals surface area contributed by atoms with Crippen LogP contribution in [0, 0.1) is 11.6 Å². The molecule has 2 nitrogen and oxygen atoms in total. The Kier molecular flexibility index (Phi) is 5.40. The first-order valence-electron chi connectivity index (χ1n) is 5.04. The highest BCUT2D eigenvalue weighted by molar-refractivity contribution is 6.18. The van der Waals surface area contributed by atoms with E-state index in [0.29, 0.717) is 4.90 Å². The number of hydrogen-bond acceptors (Lipinski definition) is 1. The minimum atomic E-state index is -2.80. The van der Waals surface area contributed by atoms with Crippen molar-refractivity contribution in [3.05, 3.63) is 35.4 Å². The van der Waals surface area contributed by atoms with E-state index in [0.717, 1.165) is 18.2 Å². The highest BCUT2D eigenvalue weighted by Gasteiger charge is 2.24. The number of alkyl halides is 3. The molecule has 0 fully saturated rings. The molecule has 18 heavy (non-hydrogen) atoms. The lowest BCUT2D eigenvalue weighted by Crippen LogP contribution is -2.37. The lowest BCUT2D eigenvalue weighted by Gasteiger charge is -2.21. The van der Waals surface area contributed by atoms with E-state index in [4.69, 9.17) is 11.6 Å². The first kappa shape index (κ1) is 14.8. The van der Waals surface area contributed by atoms with Gasteiger partial charge in [-0.05, 0) is 12.1 Å². The van der Waals surface area contributed by atoms with Crippen molar-refractivity contribution in [3.8, 4) is 0 Å². The maximum absolute atomic E-state index is 13.3. The third-order valence-corrected chi connectivity index (χ3v) is 2.35. The maximum atomic E-state index is 13.3. The third-order valence-electron chi connectivity index (χ3n) is 2.18. The number of rotatable bonds is 5. The van der Waals surface area contributed by atoms with Crippen LogP contribution in [-0.2, 0) is 0 Å². The van der Waals surface area contributed by atoms with Crippen molar-refractivity contribution in [1.82, 2.24) is 4.90 Å². The van der Waals surface area contributed by atoms with Gasteiger partial charge in [0.2, 0.25) is 0 Å². The second kappa shape index (κ2) is 6.58. The predicted octanol–water partition coefficient (Wildman–Crippen LogP) is 2.91. The molecule has 1 aromatic rings. The number of benzene rings is 1. The quantitative estimate of drug-likeness (QED) is 0.601. The van der Waals surface area contributed by atoms with Gasteiger partial charge in [0.15, 0.2) is 0 Å². The lowest BCUT2D eigenvalue weighted by molar-refractivity contribution is 0.0562. The molecule has 0 aliphatic heterocycles. The minimum Gasteiger partial charge on any atom is -0.332 e. The topological polar surface area (TPSA) is 20.3 Å². The molecule has 1 amide bonds. The van der Waals surface area contributed by atoms with Gasteiger partial charge in [0, 0.05) is 12.4 Å². The minimum absolute atomic E-state index is 0.103. The molecule has 7 heteroatoms. The van der Waals surface area contributed by atoms with Crippen LogP contribution in [0.4, 0.5) is 17.6 Å². The summed E-state index contributed by atoms with van der Waals surface area (Å²) in [6, 6.07) is 2.86. The molecule has 0 radical (unpaired) electrons. The van der Waals surface area contributed by atoms with Gasteiger partial charge >= 0.3 is 0 Å². The van der Waals surface area contributed by atoms with Gasteiger partial charge in [0.25, 0.3) is 12.3 Å². The highest BCUT2D eigenvalue weighted by Crippen LogP contribution is 2.15. The monoisotopic (exact) mass is 283 g/mol. The Morgan fingerprint density at radius 2 is 1.83 bits per heavy atom. The summed E-state index contributed by atoms with van der Waals surface area (Å²) in [5.74, 6) is -3.41. The first-order chi connectivity index (χ1) is 8.47. The number of carbonyl (C=O) groups excluding carboxylic acids is 1. The molecule has 0 atom stereocenters. The van der Waals surface area contributed by atoms with Crippen LogP contribution in [0.5, 0.6) is 0 Å². The van der Waals surface area contributed by atoms with E-state index in [9.17, 15) is 22.4 Å². The van der Waals surface area contributed by atoms with E-state index in [2.05, 4.69) is 0 Å². The second-order valence-corrected chi connectivity index (χ2v) is 3.81. The van der Waals surface area contributed by atoms with Gasteiger partial charge in [-0.3, -0.25) is 4.79 Å². The maximum Gasteiger partial charge on any atom is 0.260 e. The molecule has 0 spiro atoms. The average Bonchev–Trinajstić information content (AvgIpc) is 2.27. The normalized spacial score (nSPS) is 10.8. The van der Waals surface area contributed by atoms with Crippen LogP contribution in [0.25, 0.3) is 0 Å². The molecule has 0 aliphatic carbocycles. The van der Waals surface area contributed by atoms with Crippen LogP contribution in [-0.4, -0.2) is 36.2 Å². The van der Waals surface area contributed by atoms with Crippen molar-refractivity contribution in [1.29, 1.82) is 0 Å². The second-order valence-electron chi connectivity index (χ2n) is 3.43. The van der Waals surface area contributed by atoms with E-state index in [1.807, 2.05) is 0 Å². The summed E-state index contributed by atoms with van der Waals surface area (Å²) < 4.78 is 51.2. The summed E-state index contributed by atoms with van der Waals surface area (Å²) in [5, 5.41) is 0. The zero-order chi connectivity index (χ0) is 13.7. The van der Waals surface area contributed by atoms with Crippen LogP contribution in [0.3, 0.4) is 0 Å². The molecule has 0 saturated heterocycles. The van der Waals surface area contributed by atoms with E-state index >= 15 is 0 Å². The summed E-state index contributed by atoms with van der Waals surface area (Å²) in [6.45, 7) is -1.13. The Labute approximate surface area is 106 Å². The smallest absolute Gasteiger partial charge is 0.260 e. The fourth-order valence-corrected chi connectivity index (χ4v) is 1.61. The Morgan fingerprint density at radius 3 is 2.28 bits per heavy atom. The van der Waals surface area contributed by atoms with Crippen LogP contribution in [0.1, 0.15) is 10.4 Å². The molecule has 0 heterocycles. The van der Waals surface area contributed by atoms with Crippen molar-refractivity contribution < 1.29 is 22.4 Å². The molecule has 0 aromatic heterocycles. The summed E-state index contributed by atoms with van der Waals surface area (Å²) >= 11 is 5.36. The van der Waals surface area contributed by atoms with Crippen LogP contribution in [0.15, 0.2) is 18.2 Å². The van der Waals surface area contributed by atoms with Crippen molar-refractivity contribution in [2.45, 2.75) is 6.43 Å². The van der Waals surface area contributed by atoms with Crippen molar-refractivity contribution in [3.63, 3.8) is 0 Å². The molecule has 0 unspecified atom stereocenters. The van der Waals surface area contributed by atoms with Crippen molar-refractivity contribution >= 4 is 17.5 Å². The summed E-state index contributed by atoms with van der Waals surface area (Å²) in [4.78, 5) is 12.4. The first-order valence-corrected chi connectivity index (χ1v) is 5.58. The Morgan fingerprint density at radius 1 is 1.28 bits per heavy atom. The number of amides is 1. The Hall–Kier alpha value is -1.30. The molecule has 0 N–H and O–H groups in total. The zero-order valence-corrected chi connectivity index (χ0v) is 9.93. The van der Waals surface area contributed by atoms with Gasteiger partial charge < -0.3 is 4.90 Å². The highest BCUT2D eigenvalue weighted by atomic mass is 35.5. The van der Waals surface area contributed by atoms with E-state index < -0.39 is 36.1 Å². The number of hydrogen-bond donors (Lipinski definition) is 0. The Bertz CT molecular complexity index is 407. The fourth-order valence-electron chi connectivity index (χ4n) is 1.40. The van der Waals surface area contributed by atoms with E-state index in [-0.39, 0.29) is 12.4 Å².